The lowest BCUT2D eigenvalue weighted by Crippen LogP contribution is -2.19. The molecule has 0 fully saturated rings. The Hall–Kier alpha value is -4.45. The molecule has 0 aliphatic rings. The number of benzene rings is 2. The summed E-state index contributed by atoms with van der Waals surface area (Å²) in [5.41, 5.74) is -0.431. The summed E-state index contributed by atoms with van der Waals surface area (Å²) < 4.78 is 41.8. The fourth-order valence-electron chi connectivity index (χ4n) is 3.58. The predicted octanol–water partition coefficient (Wildman–Crippen LogP) is 4.53. The van der Waals surface area contributed by atoms with Gasteiger partial charge in [0, 0.05) is 16.7 Å². The molecule has 1 amide bonds. The van der Waals surface area contributed by atoms with Gasteiger partial charge in [-0.05, 0) is 43.3 Å². The van der Waals surface area contributed by atoms with Crippen LogP contribution in [0.3, 0.4) is 0 Å². The van der Waals surface area contributed by atoms with Gasteiger partial charge in [-0.15, -0.1) is 0 Å². The summed E-state index contributed by atoms with van der Waals surface area (Å²) in [6.07, 6.45) is -3.24. The SMILES string of the molecule is Cc1cc(NC(=O)c2cccc(C(F)(F)F)c2)n(-c2nc3c(cnn3-c3cccc(Cl)c3)c(=O)[nH]2)n1. The average Bonchev–Trinajstić information content (AvgIpc) is 3.42. The third-order valence-electron chi connectivity index (χ3n) is 5.20. The largest absolute Gasteiger partial charge is 0.416 e. The molecule has 2 aromatic carbocycles. The van der Waals surface area contributed by atoms with Crippen LogP contribution in [0.4, 0.5) is 19.0 Å². The van der Waals surface area contributed by atoms with Crippen molar-refractivity contribution in [3.8, 4) is 11.6 Å². The highest BCUT2D eigenvalue weighted by atomic mass is 35.5. The molecular weight excluding hydrogens is 499 g/mol. The maximum absolute atomic E-state index is 13.1. The van der Waals surface area contributed by atoms with E-state index in [4.69, 9.17) is 11.6 Å². The van der Waals surface area contributed by atoms with Crippen LogP contribution < -0.4 is 10.9 Å². The minimum absolute atomic E-state index is 0.0382. The number of fused-ring (bicyclic) bond motifs is 1. The van der Waals surface area contributed by atoms with Gasteiger partial charge in [0.25, 0.3) is 11.5 Å². The zero-order chi connectivity index (χ0) is 25.6. The molecular formula is C23H15ClF3N7O2. The summed E-state index contributed by atoms with van der Waals surface area (Å²) in [5.74, 6) is -0.746. The lowest BCUT2D eigenvalue weighted by molar-refractivity contribution is -0.137. The van der Waals surface area contributed by atoms with E-state index in [-0.39, 0.29) is 28.4 Å². The molecule has 0 saturated heterocycles. The fraction of sp³-hybridized carbons (Fsp3) is 0.0870. The molecule has 182 valence electrons. The normalized spacial score (nSPS) is 11.7. The highest BCUT2D eigenvalue weighted by Gasteiger charge is 2.31. The summed E-state index contributed by atoms with van der Waals surface area (Å²) in [5, 5.41) is 11.7. The number of anilines is 1. The Morgan fingerprint density at radius 2 is 1.86 bits per heavy atom. The molecule has 9 nitrogen and oxygen atoms in total. The van der Waals surface area contributed by atoms with E-state index >= 15 is 0 Å². The lowest BCUT2D eigenvalue weighted by atomic mass is 10.1. The van der Waals surface area contributed by atoms with Crippen molar-refractivity contribution in [3.63, 3.8) is 0 Å². The predicted molar refractivity (Wildman–Crippen MR) is 126 cm³/mol. The van der Waals surface area contributed by atoms with Crippen molar-refractivity contribution in [3.05, 3.63) is 93.0 Å². The number of alkyl halides is 3. The van der Waals surface area contributed by atoms with Crippen LogP contribution in [0.1, 0.15) is 21.6 Å². The van der Waals surface area contributed by atoms with Gasteiger partial charge >= 0.3 is 6.18 Å². The van der Waals surface area contributed by atoms with E-state index in [1.165, 1.54) is 27.7 Å². The lowest BCUT2D eigenvalue weighted by Gasteiger charge is -2.11. The van der Waals surface area contributed by atoms with E-state index < -0.39 is 23.2 Å². The van der Waals surface area contributed by atoms with Gasteiger partial charge in [-0.3, -0.25) is 14.6 Å². The van der Waals surface area contributed by atoms with E-state index in [0.29, 0.717) is 16.4 Å². The van der Waals surface area contributed by atoms with Gasteiger partial charge in [0.2, 0.25) is 5.95 Å². The van der Waals surface area contributed by atoms with Crippen molar-refractivity contribution >= 4 is 34.4 Å². The minimum atomic E-state index is -4.60. The smallest absolute Gasteiger partial charge is 0.306 e. The van der Waals surface area contributed by atoms with E-state index in [9.17, 15) is 22.8 Å². The van der Waals surface area contributed by atoms with Crippen molar-refractivity contribution in [2.75, 3.05) is 5.32 Å². The summed E-state index contributed by atoms with van der Waals surface area (Å²) in [6, 6.07) is 12.3. The van der Waals surface area contributed by atoms with Crippen LogP contribution >= 0.6 is 11.6 Å². The fourth-order valence-corrected chi connectivity index (χ4v) is 3.76. The molecule has 0 unspecified atom stereocenters. The Morgan fingerprint density at radius 3 is 2.61 bits per heavy atom. The first-order chi connectivity index (χ1) is 17.1. The van der Waals surface area contributed by atoms with E-state index in [2.05, 4.69) is 25.5 Å². The zero-order valence-corrected chi connectivity index (χ0v) is 19.1. The van der Waals surface area contributed by atoms with E-state index in [0.717, 1.165) is 18.2 Å². The Labute approximate surface area is 205 Å². The summed E-state index contributed by atoms with van der Waals surface area (Å²) in [6.45, 7) is 1.64. The van der Waals surface area contributed by atoms with Crippen molar-refractivity contribution < 1.29 is 18.0 Å². The molecule has 0 aliphatic carbocycles. The minimum Gasteiger partial charge on any atom is -0.306 e. The monoisotopic (exact) mass is 513 g/mol. The van der Waals surface area contributed by atoms with Crippen LogP contribution in [-0.2, 0) is 6.18 Å². The van der Waals surface area contributed by atoms with E-state index in [1.807, 2.05) is 0 Å². The van der Waals surface area contributed by atoms with E-state index in [1.54, 1.807) is 31.2 Å². The number of carbonyl (C=O) groups is 1. The van der Waals surface area contributed by atoms with Gasteiger partial charge in [-0.1, -0.05) is 23.7 Å². The molecule has 3 aromatic heterocycles. The van der Waals surface area contributed by atoms with Crippen LogP contribution in [0, 0.1) is 6.92 Å². The maximum Gasteiger partial charge on any atom is 0.416 e. The number of hydrogen-bond acceptors (Lipinski definition) is 5. The van der Waals surface area contributed by atoms with Gasteiger partial charge in [0.15, 0.2) is 5.65 Å². The average molecular weight is 514 g/mol. The Morgan fingerprint density at radius 1 is 1.08 bits per heavy atom. The van der Waals surface area contributed by atoms with Crippen LogP contribution in [0.2, 0.25) is 5.02 Å². The molecule has 0 spiro atoms. The quantitative estimate of drug-likeness (QED) is 0.367. The number of aryl methyl sites for hydroxylation is 1. The zero-order valence-electron chi connectivity index (χ0n) is 18.3. The highest BCUT2D eigenvalue weighted by molar-refractivity contribution is 6.30. The van der Waals surface area contributed by atoms with Crippen molar-refractivity contribution in [1.82, 2.24) is 29.5 Å². The second kappa shape index (κ2) is 8.64. The van der Waals surface area contributed by atoms with Crippen LogP contribution in [0.5, 0.6) is 0 Å². The van der Waals surface area contributed by atoms with Crippen LogP contribution in [0.25, 0.3) is 22.7 Å². The van der Waals surface area contributed by atoms with Gasteiger partial charge in [0.05, 0.1) is 23.1 Å². The summed E-state index contributed by atoms with van der Waals surface area (Å²) in [4.78, 5) is 32.6. The number of nitrogens with one attached hydrogen (secondary N) is 2. The Balaban J connectivity index is 1.55. The van der Waals surface area contributed by atoms with Gasteiger partial charge < -0.3 is 5.32 Å². The van der Waals surface area contributed by atoms with Crippen molar-refractivity contribution in [2.24, 2.45) is 0 Å². The molecule has 0 atom stereocenters. The van der Waals surface area contributed by atoms with Crippen LogP contribution in [-0.4, -0.2) is 35.4 Å². The molecule has 5 aromatic rings. The summed E-state index contributed by atoms with van der Waals surface area (Å²) >= 11 is 6.08. The molecule has 13 heteroatoms. The third-order valence-corrected chi connectivity index (χ3v) is 5.44. The molecule has 2 N–H and O–H groups in total. The molecule has 3 heterocycles. The Kier molecular flexibility index (Phi) is 5.59. The molecule has 0 radical (unpaired) electrons. The number of hydrogen-bond donors (Lipinski definition) is 2. The maximum atomic E-state index is 13.1. The number of rotatable bonds is 4. The second-order valence-electron chi connectivity index (χ2n) is 7.78. The number of aromatic nitrogens is 6. The number of aromatic amines is 1. The number of halogens is 4. The summed E-state index contributed by atoms with van der Waals surface area (Å²) in [7, 11) is 0. The van der Waals surface area contributed by atoms with Gasteiger partial charge in [-0.2, -0.15) is 33.0 Å². The van der Waals surface area contributed by atoms with Gasteiger partial charge in [-0.25, -0.2) is 4.68 Å². The molecule has 5 rings (SSSR count). The number of amides is 1. The molecule has 36 heavy (non-hydrogen) atoms. The first kappa shape index (κ1) is 23.3. The first-order valence-corrected chi connectivity index (χ1v) is 10.8. The Bertz CT molecular complexity index is 1690. The standard InChI is InChI=1S/C23H15ClF3N7O2/c1-12-8-18(29-20(35)13-4-2-5-14(9-13)23(25,26)27)34(32-12)22-30-19-17(21(36)31-22)11-28-33(19)16-7-3-6-15(24)10-16/h2-11H,1H3,(H,29,35)(H,30,31,36). The second-order valence-corrected chi connectivity index (χ2v) is 8.21. The topological polar surface area (TPSA) is 110 Å². The van der Waals surface area contributed by atoms with Crippen molar-refractivity contribution in [2.45, 2.75) is 13.1 Å². The number of carbonyl (C=O) groups excluding carboxylic acids is 1. The highest BCUT2D eigenvalue weighted by Crippen LogP contribution is 2.30. The first-order valence-electron chi connectivity index (χ1n) is 10.4. The van der Waals surface area contributed by atoms with Crippen LogP contribution in [0.15, 0.2) is 65.6 Å². The molecule has 0 saturated carbocycles. The molecule has 0 bridgehead atoms. The number of H-pyrrole nitrogens is 1. The van der Waals surface area contributed by atoms with Gasteiger partial charge in [0.1, 0.15) is 11.2 Å². The number of nitrogens with zero attached hydrogens (tertiary/aromatic N) is 5. The van der Waals surface area contributed by atoms with Crippen molar-refractivity contribution in [1.29, 1.82) is 0 Å². The molecule has 0 aliphatic heterocycles. The third kappa shape index (κ3) is 4.33.